The van der Waals surface area contributed by atoms with E-state index in [4.69, 9.17) is 5.11 Å². The molecule has 3 N–H and O–H groups in total. The van der Waals surface area contributed by atoms with Crippen molar-refractivity contribution in [1.29, 1.82) is 0 Å². The molecule has 1 aliphatic rings. The highest BCUT2D eigenvalue weighted by atomic mass is 19.4. The Morgan fingerprint density at radius 2 is 1.89 bits per heavy atom. The maximum absolute atomic E-state index is 12.1. The van der Waals surface area contributed by atoms with Crippen molar-refractivity contribution in [3.05, 3.63) is 0 Å². The molecular weight excluding hydrogens is 251 g/mol. The maximum Gasteiger partial charge on any atom is 0.404 e. The quantitative estimate of drug-likeness (QED) is 0.648. The third-order valence-electron chi connectivity index (χ3n) is 2.82. The minimum absolute atomic E-state index is 0.171. The number of hydrogen-bond acceptors (Lipinski definition) is 3. The summed E-state index contributed by atoms with van der Waals surface area (Å²) in [6, 6.07) is 0.171. The molecule has 0 atom stereocenters. The molecule has 0 aromatic rings. The van der Waals surface area contributed by atoms with Gasteiger partial charge >= 0.3 is 12.3 Å². The Balaban J connectivity index is 2.10. The van der Waals surface area contributed by atoms with E-state index in [1.54, 1.807) is 0 Å². The molecule has 1 amide bonds. The van der Waals surface area contributed by atoms with Gasteiger partial charge in [-0.05, 0) is 25.9 Å². The maximum atomic E-state index is 12.1. The van der Waals surface area contributed by atoms with Crippen LogP contribution in [-0.2, 0) is 0 Å². The van der Waals surface area contributed by atoms with E-state index in [0.29, 0.717) is 39.0 Å². The molecule has 1 aliphatic heterocycles. The zero-order valence-electron chi connectivity index (χ0n) is 9.96. The number of nitrogens with zero attached hydrogens (tertiary/aromatic N) is 1. The van der Waals surface area contributed by atoms with E-state index in [0.717, 1.165) is 0 Å². The first-order chi connectivity index (χ1) is 8.37. The molecule has 0 bridgehead atoms. The summed E-state index contributed by atoms with van der Waals surface area (Å²) in [5.41, 5.74) is 0. The molecular formula is C10H18F3N3O2. The first-order valence-corrected chi connectivity index (χ1v) is 5.86. The Labute approximate surface area is 103 Å². The van der Waals surface area contributed by atoms with Gasteiger partial charge in [-0.3, -0.25) is 4.90 Å². The van der Waals surface area contributed by atoms with Crippen LogP contribution >= 0.6 is 0 Å². The van der Waals surface area contributed by atoms with E-state index < -0.39 is 18.8 Å². The van der Waals surface area contributed by atoms with Crippen molar-refractivity contribution in [2.45, 2.75) is 25.1 Å². The van der Waals surface area contributed by atoms with Crippen LogP contribution in [0.25, 0.3) is 0 Å². The van der Waals surface area contributed by atoms with Gasteiger partial charge in [0.25, 0.3) is 0 Å². The lowest BCUT2D eigenvalue weighted by Crippen LogP contribution is -2.46. The minimum atomic E-state index is -4.13. The highest BCUT2D eigenvalue weighted by molar-refractivity contribution is 5.64. The topological polar surface area (TPSA) is 64.6 Å². The predicted molar refractivity (Wildman–Crippen MR) is 59.5 cm³/mol. The van der Waals surface area contributed by atoms with Gasteiger partial charge in [-0.15, -0.1) is 0 Å². The first kappa shape index (κ1) is 15.0. The van der Waals surface area contributed by atoms with Crippen LogP contribution in [0.2, 0.25) is 0 Å². The molecule has 1 saturated heterocycles. The number of likely N-dealkylation sites (tertiary alicyclic amines) is 1. The summed E-state index contributed by atoms with van der Waals surface area (Å²) in [6.45, 7) is 0.793. The van der Waals surface area contributed by atoms with Crippen LogP contribution in [0.4, 0.5) is 18.0 Å². The van der Waals surface area contributed by atoms with Gasteiger partial charge in [-0.2, -0.15) is 13.2 Å². The van der Waals surface area contributed by atoms with Crippen LogP contribution in [-0.4, -0.2) is 61.0 Å². The lowest BCUT2D eigenvalue weighted by molar-refractivity contribution is -0.148. The molecule has 1 heterocycles. The van der Waals surface area contributed by atoms with Gasteiger partial charge in [0.05, 0.1) is 6.54 Å². The number of carboxylic acid groups (broad SMARTS) is 1. The molecule has 0 aliphatic carbocycles. The molecule has 0 aromatic heterocycles. The summed E-state index contributed by atoms with van der Waals surface area (Å²) >= 11 is 0. The number of alkyl halides is 3. The molecule has 0 unspecified atom stereocenters. The second kappa shape index (κ2) is 6.79. The van der Waals surface area contributed by atoms with Crippen molar-refractivity contribution in [3.8, 4) is 0 Å². The van der Waals surface area contributed by atoms with Crippen LogP contribution in [0.3, 0.4) is 0 Å². The third kappa shape index (κ3) is 6.65. The molecule has 0 spiro atoms. The minimum Gasteiger partial charge on any atom is -0.465 e. The predicted octanol–water partition coefficient (Wildman–Crippen LogP) is 0.870. The van der Waals surface area contributed by atoms with Gasteiger partial charge in [0.15, 0.2) is 0 Å². The Bertz CT molecular complexity index is 266. The summed E-state index contributed by atoms with van der Waals surface area (Å²) in [6.07, 6.45) is -3.89. The Kier molecular flexibility index (Phi) is 5.67. The highest BCUT2D eigenvalue weighted by Crippen LogP contribution is 2.19. The van der Waals surface area contributed by atoms with Crippen molar-refractivity contribution in [2.24, 2.45) is 0 Å². The number of rotatable bonds is 5. The lowest BCUT2D eigenvalue weighted by Gasteiger charge is -2.32. The second-order valence-corrected chi connectivity index (χ2v) is 4.35. The second-order valence-electron chi connectivity index (χ2n) is 4.35. The Morgan fingerprint density at radius 1 is 1.28 bits per heavy atom. The van der Waals surface area contributed by atoms with E-state index in [2.05, 4.69) is 10.6 Å². The van der Waals surface area contributed by atoms with Crippen LogP contribution in [0, 0.1) is 0 Å². The summed E-state index contributed by atoms with van der Waals surface area (Å²) in [5, 5.41) is 13.7. The molecule has 8 heteroatoms. The Hall–Kier alpha value is -1.02. The van der Waals surface area contributed by atoms with E-state index in [1.807, 2.05) is 0 Å². The van der Waals surface area contributed by atoms with Crippen molar-refractivity contribution in [2.75, 3.05) is 32.7 Å². The van der Waals surface area contributed by atoms with Gasteiger partial charge in [0.2, 0.25) is 0 Å². The van der Waals surface area contributed by atoms with Gasteiger partial charge in [-0.1, -0.05) is 0 Å². The van der Waals surface area contributed by atoms with Crippen LogP contribution < -0.4 is 10.6 Å². The highest BCUT2D eigenvalue weighted by Gasteiger charge is 2.32. The van der Waals surface area contributed by atoms with Crippen LogP contribution in [0.5, 0.6) is 0 Å². The number of halogens is 3. The average Bonchev–Trinajstić information content (AvgIpc) is 2.24. The average molecular weight is 269 g/mol. The monoisotopic (exact) mass is 269 g/mol. The van der Waals surface area contributed by atoms with Gasteiger partial charge < -0.3 is 15.7 Å². The number of piperidine rings is 1. The van der Waals surface area contributed by atoms with Crippen molar-refractivity contribution in [3.63, 3.8) is 0 Å². The van der Waals surface area contributed by atoms with Gasteiger partial charge in [0, 0.05) is 19.1 Å². The molecule has 0 radical (unpaired) electrons. The summed E-state index contributed by atoms with van der Waals surface area (Å²) in [5.74, 6) is 0. The number of hydrogen-bond donors (Lipinski definition) is 3. The number of nitrogens with one attached hydrogen (secondary N) is 2. The number of carbonyl (C=O) groups is 1. The van der Waals surface area contributed by atoms with Gasteiger partial charge in [0.1, 0.15) is 0 Å². The van der Waals surface area contributed by atoms with Gasteiger partial charge in [-0.25, -0.2) is 4.79 Å². The smallest absolute Gasteiger partial charge is 0.404 e. The molecule has 18 heavy (non-hydrogen) atoms. The molecule has 1 rings (SSSR count). The zero-order chi connectivity index (χ0) is 13.6. The van der Waals surface area contributed by atoms with E-state index in [-0.39, 0.29) is 6.04 Å². The SMILES string of the molecule is O=C(O)NCCNC1CCN(CC(F)(F)F)CC1. The van der Waals surface area contributed by atoms with Crippen molar-refractivity contribution < 1.29 is 23.1 Å². The largest absolute Gasteiger partial charge is 0.465 e. The summed E-state index contributed by atoms with van der Waals surface area (Å²) in [7, 11) is 0. The summed E-state index contributed by atoms with van der Waals surface area (Å²) in [4.78, 5) is 11.6. The van der Waals surface area contributed by atoms with Crippen LogP contribution in [0.15, 0.2) is 0 Å². The Morgan fingerprint density at radius 3 is 2.39 bits per heavy atom. The molecule has 0 aromatic carbocycles. The molecule has 5 nitrogen and oxygen atoms in total. The molecule has 0 saturated carbocycles. The third-order valence-corrected chi connectivity index (χ3v) is 2.82. The fourth-order valence-electron chi connectivity index (χ4n) is 1.99. The summed E-state index contributed by atoms with van der Waals surface area (Å²) < 4.78 is 36.4. The van der Waals surface area contributed by atoms with Crippen LogP contribution in [0.1, 0.15) is 12.8 Å². The standard InChI is InChI=1S/C10H18F3N3O2/c11-10(12,13)7-16-5-1-8(2-6-16)14-3-4-15-9(17)18/h8,14-15H,1-7H2,(H,17,18). The van der Waals surface area contributed by atoms with E-state index >= 15 is 0 Å². The zero-order valence-corrected chi connectivity index (χ0v) is 9.96. The van der Waals surface area contributed by atoms with Crippen molar-refractivity contribution in [1.82, 2.24) is 15.5 Å². The molecule has 106 valence electrons. The number of amides is 1. The lowest BCUT2D eigenvalue weighted by atomic mass is 10.1. The van der Waals surface area contributed by atoms with E-state index in [9.17, 15) is 18.0 Å². The normalized spacial score (nSPS) is 18.8. The fourth-order valence-corrected chi connectivity index (χ4v) is 1.99. The fraction of sp³-hybridized carbons (Fsp3) is 0.900. The molecule has 1 fully saturated rings. The van der Waals surface area contributed by atoms with E-state index in [1.165, 1.54) is 4.90 Å². The first-order valence-electron chi connectivity index (χ1n) is 5.86. The van der Waals surface area contributed by atoms with Crippen molar-refractivity contribution >= 4 is 6.09 Å².